The molecule has 7 nitrogen and oxygen atoms in total. The molecular formula is C19H23ClN2O5S. The lowest BCUT2D eigenvalue weighted by Crippen LogP contribution is -2.30. The van der Waals surface area contributed by atoms with E-state index in [2.05, 4.69) is 5.32 Å². The molecule has 0 aliphatic rings. The third kappa shape index (κ3) is 4.57. The van der Waals surface area contributed by atoms with Gasteiger partial charge in [-0.3, -0.25) is 4.79 Å². The van der Waals surface area contributed by atoms with Crippen LogP contribution in [0.25, 0.3) is 0 Å². The SMILES string of the molecule is CCN(CC)S(=O)(=O)c1cc(NC(=O)c2ccc(OC)cc2OC)ccc1Cl. The number of rotatable bonds is 8. The number of nitrogens with zero attached hydrogens (tertiary/aromatic N) is 1. The highest BCUT2D eigenvalue weighted by Crippen LogP contribution is 2.29. The molecule has 0 unspecified atom stereocenters. The average molecular weight is 427 g/mol. The Bertz CT molecular complexity index is 959. The highest BCUT2D eigenvalue weighted by atomic mass is 35.5. The summed E-state index contributed by atoms with van der Waals surface area (Å²) in [5.41, 5.74) is 0.587. The summed E-state index contributed by atoms with van der Waals surface area (Å²) in [6.45, 7) is 4.12. The van der Waals surface area contributed by atoms with Crippen LogP contribution in [0.1, 0.15) is 24.2 Å². The number of benzene rings is 2. The molecule has 0 saturated heterocycles. The zero-order valence-electron chi connectivity index (χ0n) is 16.2. The number of methoxy groups -OCH3 is 2. The summed E-state index contributed by atoms with van der Waals surface area (Å²) in [5, 5.41) is 2.77. The van der Waals surface area contributed by atoms with Gasteiger partial charge in [-0.05, 0) is 30.3 Å². The minimum absolute atomic E-state index is 0.0580. The predicted octanol–water partition coefficient (Wildman–Crippen LogP) is 3.64. The van der Waals surface area contributed by atoms with Gasteiger partial charge in [0.15, 0.2) is 0 Å². The summed E-state index contributed by atoms with van der Waals surface area (Å²) in [6.07, 6.45) is 0. The fraction of sp³-hybridized carbons (Fsp3) is 0.316. The van der Waals surface area contributed by atoms with Gasteiger partial charge < -0.3 is 14.8 Å². The molecule has 0 aliphatic carbocycles. The number of hydrogen-bond acceptors (Lipinski definition) is 5. The highest BCUT2D eigenvalue weighted by molar-refractivity contribution is 7.89. The summed E-state index contributed by atoms with van der Waals surface area (Å²) in [6, 6.07) is 9.12. The number of anilines is 1. The molecule has 0 atom stereocenters. The first kappa shape index (κ1) is 22.0. The number of halogens is 1. The smallest absolute Gasteiger partial charge is 0.259 e. The summed E-state index contributed by atoms with van der Waals surface area (Å²) in [4.78, 5) is 12.6. The largest absolute Gasteiger partial charge is 0.497 e. The van der Waals surface area contributed by atoms with E-state index in [0.29, 0.717) is 30.3 Å². The van der Waals surface area contributed by atoms with Crippen molar-refractivity contribution in [3.05, 3.63) is 47.0 Å². The minimum atomic E-state index is -3.77. The van der Waals surface area contributed by atoms with Crippen LogP contribution in [0.5, 0.6) is 11.5 Å². The molecular weight excluding hydrogens is 404 g/mol. The van der Waals surface area contributed by atoms with Crippen LogP contribution in [0.3, 0.4) is 0 Å². The lowest BCUT2D eigenvalue weighted by molar-refractivity contribution is 0.102. The molecule has 2 aromatic carbocycles. The summed E-state index contributed by atoms with van der Waals surface area (Å²) in [7, 11) is -0.807. The van der Waals surface area contributed by atoms with Crippen LogP contribution in [0, 0.1) is 0 Å². The Morgan fingerprint density at radius 3 is 2.32 bits per heavy atom. The predicted molar refractivity (Wildman–Crippen MR) is 109 cm³/mol. The number of carbonyl (C=O) groups is 1. The van der Waals surface area contributed by atoms with Gasteiger partial charge in [0.05, 0.1) is 24.8 Å². The Balaban J connectivity index is 2.37. The van der Waals surface area contributed by atoms with E-state index in [1.807, 2.05) is 0 Å². The van der Waals surface area contributed by atoms with Gasteiger partial charge in [0, 0.05) is 24.8 Å². The summed E-state index contributed by atoms with van der Waals surface area (Å²) in [5.74, 6) is 0.433. The monoisotopic (exact) mass is 426 g/mol. The van der Waals surface area contributed by atoms with E-state index in [1.165, 1.54) is 36.7 Å². The van der Waals surface area contributed by atoms with Crippen molar-refractivity contribution in [2.75, 3.05) is 32.6 Å². The van der Waals surface area contributed by atoms with Gasteiger partial charge in [0.25, 0.3) is 5.91 Å². The van der Waals surface area contributed by atoms with Crippen LogP contribution in [0.4, 0.5) is 5.69 Å². The molecule has 0 aromatic heterocycles. The van der Waals surface area contributed by atoms with Crippen molar-refractivity contribution < 1.29 is 22.7 Å². The second kappa shape index (κ2) is 9.27. The Kier molecular flexibility index (Phi) is 7.29. The van der Waals surface area contributed by atoms with E-state index >= 15 is 0 Å². The molecule has 152 valence electrons. The molecule has 0 aliphatic heterocycles. The third-order valence-electron chi connectivity index (χ3n) is 4.17. The van der Waals surface area contributed by atoms with Gasteiger partial charge >= 0.3 is 0 Å². The first-order chi connectivity index (χ1) is 13.3. The van der Waals surface area contributed by atoms with Gasteiger partial charge in [-0.15, -0.1) is 0 Å². The second-order valence-electron chi connectivity index (χ2n) is 5.75. The van der Waals surface area contributed by atoms with Crippen LogP contribution < -0.4 is 14.8 Å². The number of amides is 1. The van der Waals surface area contributed by atoms with Crippen molar-refractivity contribution in [3.63, 3.8) is 0 Å². The standard InChI is InChI=1S/C19H23ClN2O5S/c1-5-22(6-2)28(24,25)18-11-13(7-10-16(18)20)21-19(23)15-9-8-14(26-3)12-17(15)27-4/h7-12H,5-6H2,1-4H3,(H,21,23). The molecule has 0 saturated carbocycles. The van der Waals surface area contributed by atoms with Crippen molar-refractivity contribution in [2.45, 2.75) is 18.7 Å². The van der Waals surface area contributed by atoms with Crippen molar-refractivity contribution in [1.82, 2.24) is 4.31 Å². The van der Waals surface area contributed by atoms with Crippen LogP contribution >= 0.6 is 11.6 Å². The molecule has 0 spiro atoms. The van der Waals surface area contributed by atoms with Crippen molar-refractivity contribution in [1.29, 1.82) is 0 Å². The normalized spacial score (nSPS) is 11.4. The minimum Gasteiger partial charge on any atom is -0.497 e. The van der Waals surface area contributed by atoms with Crippen LogP contribution in [0.15, 0.2) is 41.3 Å². The second-order valence-corrected chi connectivity index (χ2v) is 8.07. The van der Waals surface area contributed by atoms with E-state index in [9.17, 15) is 13.2 Å². The molecule has 0 radical (unpaired) electrons. The Morgan fingerprint density at radius 2 is 1.75 bits per heavy atom. The average Bonchev–Trinajstić information content (AvgIpc) is 2.69. The highest BCUT2D eigenvalue weighted by Gasteiger charge is 2.25. The number of sulfonamides is 1. The summed E-state index contributed by atoms with van der Waals surface area (Å²) >= 11 is 6.12. The molecule has 0 fully saturated rings. The first-order valence-corrected chi connectivity index (χ1v) is 10.4. The maximum absolute atomic E-state index is 12.8. The van der Waals surface area contributed by atoms with Crippen LogP contribution in [-0.4, -0.2) is 45.9 Å². The van der Waals surface area contributed by atoms with E-state index < -0.39 is 15.9 Å². The van der Waals surface area contributed by atoms with Crippen molar-refractivity contribution in [2.24, 2.45) is 0 Å². The van der Waals surface area contributed by atoms with E-state index in [-0.39, 0.29) is 15.5 Å². The fourth-order valence-corrected chi connectivity index (χ4v) is 4.62. The molecule has 1 N–H and O–H groups in total. The van der Waals surface area contributed by atoms with E-state index in [4.69, 9.17) is 21.1 Å². The van der Waals surface area contributed by atoms with Gasteiger partial charge in [-0.25, -0.2) is 8.42 Å². The Hall–Kier alpha value is -2.29. The van der Waals surface area contributed by atoms with Crippen LogP contribution in [0.2, 0.25) is 5.02 Å². The van der Waals surface area contributed by atoms with Gasteiger partial charge in [-0.1, -0.05) is 25.4 Å². The van der Waals surface area contributed by atoms with E-state index in [0.717, 1.165) is 0 Å². The van der Waals surface area contributed by atoms with Crippen LogP contribution in [-0.2, 0) is 10.0 Å². The lowest BCUT2D eigenvalue weighted by atomic mass is 10.1. The molecule has 9 heteroatoms. The Labute approximate surface area is 170 Å². The first-order valence-electron chi connectivity index (χ1n) is 8.61. The van der Waals surface area contributed by atoms with Gasteiger partial charge in [0.1, 0.15) is 16.4 Å². The van der Waals surface area contributed by atoms with Gasteiger partial charge in [-0.2, -0.15) is 4.31 Å². The third-order valence-corrected chi connectivity index (χ3v) is 6.70. The molecule has 2 rings (SSSR count). The van der Waals surface area contributed by atoms with Gasteiger partial charge in [0.2, 0.25) is 10.0 Å². The fourth-order valence-electron chi connectivity index (χ4n) is 2.67. The molecule has 0 bridgehead atoms. The molecule has 28 heavy (non-hydrogen) atoms. The molecule has 1 amide bonds. The van der Waals surface area contributed by atoms with Crippen molar-refractivity contribution >= 4 is 33.2 Å². The number of carbonyl (C=O) groups excluding carboxylic acids is 1. The summed E-state index contributed by atoms with van der Waals surface area (Å²) < 4.78 is 37.2. The topological polar surface area (TPSA) is 84.9 Å². The zero-order chi connectivity index (χ0) is 20.9. The molecule has 2 aromatic rings. The maximum atomic E-state index is 12.8. The number of hydrogen-bond donors (Lipinski definition) is 1. The Morgan fingerprint density at radius 1 is 1.07 bits per heavy atom. The molecule has 0 heterocycles. The number of ether oxygens (including phenoxy) is 2. The van der Waals surface area contributed by atoms with Crippen molar-refractivity contribution in [3.8, 4) is 11.5 Å². The van der Waals surface area contributed by atoms with E-state index in [1.54, 1.807) is 32.0 Å². The lowest BCUT2D eigenvalue weighted by Gasteiger charge is -2.20. The zero-order valence-corrected chi connectivity index (χ0v) is 17.7. The maximum Gasteiger partial charge on any atom is 0.259 e. The quantitative estimate of drug-likeness (QED) is 0.696. The number of nitrogens with one attached hydrogen (secondary N) is 1.